The average Bonchev–Trinajstić information content (AvgIpc) is 2.14. The summed E-state index contributed by atoms with van der Waals surface area (Å²) < 4.78 is 13.6. The van der Waals surface area contributed by atoms with Crippen LogP contribution < -0.4 is 5.73 Å². The van der Waals surface area contributed by atoms with Gasteiger partial charge in [0.1, 0.15) is 5.67 Å². The first kappa shape index (κ1) is 10.6. The summed E-state index contributed by atoms with van der Waals surface area (Å²) in [5, 5.41) is 0. The molecule has 0 bridgehead atoms. The highest BCUT2D eigenvalue weighted by Crippen LogP contribution is 2.51. The van der Waals surface area contributed by atoms with Crippen LogP contribution in [0.25, 0.3) is 0 Å². The maximum atomic E-state index is 13.6. The van der Waals surface area contributed by atoms with Crippen molar-refractivity contribution in [3.8, 4) is 0 Å². The van der Waals surface area contributed by atoms with E-state index in [0.29, 0.717) is 19.4 Å². The van der Waals surface area contributed by atoms with Crippen molar-refractivity contribution >= 4 is 0 Å². The van der Waals surface area contributed by atoms with Crippen LogP contribution in [-0.2, 0) is 5.41 Å². The van der Waals surface area contributed by atoms with Crippen LogP contribution in [0.15, 0.2) is 24.3 Å². The third kappa shape index (κ3) is 1.78. The van der Waals surface area contributed by atoms with Crippen molar-refractivity contribution in [2.24, 2.45) is 5.73 Å². The van der Waals surface area contributed by atoms with E-state index >= 15 is 0 Å². The highest BCUT2D eigenvalue weighted by molar-refractivity contribution is 5.33. The summed E-state index contributed by atoms with van der Waals surface area (Å²) in [6.45, 7) is 4.25. The molecule has 0 aliphatic heterocycles. The van der Waals surface area contributed by atoms with E-state index in [9.17, 15) is 4.39 Å². The van der Waals surface area contributed by atoms with Gasteiger partial charge in [-0.1, -0.05) is 29.8 Å². The van der Waals surface area contributed by atoms with Gasteiger partial charge in [-0.2, -0.15) is 0 Å². The van der Waals surface area contributed by atoms with Gasteiger partial charge in [-0.05, 0) is 32.3 Å². The Kier molecular flexibility index (Phi) is 2.34. The molecule has 0 aromatic heterocycles. The van der Waals surface area contributed by atoms with Gasteiger partial charge in [0.25, 0.3) is 0 Å². The molecule has 0 unspecified atom stereocenters. The fraction of sp³-hybridized carbons (Fsp3) is 0.538. The van der Waals surface area contributed by atoms with Gasteiger partial charge >= 0.3 is 0 Å². The Hall–Kier alpha value is -0.890. The molecule has 0 saturated heterocycles. The fourth-order valence-electron chi connectivity index (χ4n) is 2.73. The van der Waals surface area contributed by atoms with Gasteiger partial charge in [-0.3, -0.25) is 0 Å². The third-order valence-corrected chi connectivity index (χ3v) is 3.47. The van der Waals surface area contributed by atoms with E-state index in [1.165, 1.54) is 11.1 Å². The topological polar surface area (TPSA) is 26.0 Å². The van der Waals surface area contributed by atoms with Crippen molar-refractivity contribution in [1.29, 1.82) is 0 Å². The Morgan fingerprint density at radius 3 is 2.20 bits per heavy atom. The van der Waals surface area contributed by atoms with Crippen LogP contribution in [-0.4, -0.2) is 12.2 Å². The molecule has 1 fully saturated rings. The van der Waals surface area contributed by atoms with E-state index in [4.69, 9.17) is 5.73 Å². The smallest absolute Gasteiger partial charge is 0.110 e. The standard InChI is InChI=1S/C13H18FN/c1-10-3-5-11(6-4-10)13(9-15)7-12(2,14)8-13/h3-6H,7-9,15H2,1-2H3. The Labute approximate surface area is 90.5 Å². The molecule has 1 aromatic carbocycles. The maximum Gasteiger partial charge on any atom is 0.110 e. The van der Waals surface area contributed by atoms with Gasteiger partial charge in [-0.15, -0.1) is 0 Å². The van der Waals surface area contributed by atoms with Crippen molar-refractivity contribution < 1.29 is 4.39 Å². The summed E-state index contributed by atoms with van der Waals surface area (Å²) >= 11 is 0. The molecule has 1 aliphatic carbocycles. The van der Waals surface area contributed by atoms with Crippen LogP contribution in [0, 0.1) is 6.92 Å². The second-order valence-electron chi connectivity index (χ2n) is 5.12. The first-order valence-corrected chi connectivity index (χ1v) is 5.44. The number of benzene rings is 1. The predicted molar refractivity (Wildman–Crippen MR) is 60.7 cm³/mol. The average molecular weight is 207 g/mol. The van der Waals surface area contributed by atoms with Crippen molar-refractivity contribution in [2.45, 2.75) is 37.8 Å². The minimum absolute atomic E-state index is 0.114. The normalized spacial score (nSPS) is 34.9. The summed E-state index contributed by atoms with van der Waals surface area (Å²) in [7, 11) is 0. The molecule has 1 saturated carbocycles. The van der Waals surface area contributed by atoms with Gasteiger partial charge in [-0.25, -0.2) is 4.39 Å². The van der Waals surface area contributed by atoms with Crippen LogP contribution >= 0.6 is 0 Å². The zero-order chi connectivity index (χ0) is 11.1. The molecule has 2 rings (SSSR count). The van der Waals surface area contributed by atoms with E-state index in [1.807, 2.05) is 0 Å². The molecule has 15 heavy (non-hydrogen) atoms. The number of hydrogen-bond donors (Lipinski definition) is 1. The molecule has 2 heteroatoms. The molecule has 0 spiro atoms. The highest BCUT2D eigenvalue weighted by atomic mass is 19.1. The van der Waals surface area contributed by atoms with Gasteiger partial charge < -0.3 is 5.73 Å². The lowest BCUT2D eigenvalue weighted by atomic mass is 9.57. The summed E-state index contributed by atoms with van der Waals surface area (Å²) in [6, 6.07) is 8.30. The number of alkyl halides is 1. The highest BCUT2D eigenvalue weighted by Gasteiger charge is 2.52. The van der Waals surface area contributed by atoms with Crippen LogP contribution in [0.5, 0.6) is 0 Å². The van der Waals surface area contributed by atoms with Crippen LogP contribution in [0.2, 0.25) is 0 Å². The lowest BCUT2D eigenvalue weighted by molar-refractivity contribution is 0.00273. The molecular formula is C13H18FN. The minimum Gasteiger partial charge on any atom is -0.330 e. The molecule has 1 aromatic rings. The second kappa shape index (κ2) is 3.31. The lowest BCUT2D eigenvalue weighted by Crippen LogP contribution is -2.54. The first-order valence-electron chi connectivity index (χ1n) is 5.44. The van der Waals surface area contributed by atoms with Crippen LogP contribution in [0.1, 0.15) is 30.9 Å². The van der Waals surface area contributed by atoms with E-state index in [-0.39, 0.29) is 5.41 Å². The Morgan fingerprint density at radius 1 is 1.27 bits per heavy atom. The van der Waals surface area contributed by atoms with Gasteiger partial charge in [0.05, 0.1) is 0 Å². The van der Waals surface area contributed by atoms with Crippen LogP contribution in [0.3, 0.4) is 0 Å². The van der Waals surface area contributed by atoms with Crippen molar-refractivity contribution in [2.75, 3.05) is 6.54 Å². The fourth-order valence-corrected chi connectivity index (χ4v) is 2.73. The number of nitrogens with two attached hydrogens (primary N) is 1. The second-order valence-corrected chi connectivity index (χ2v) is 5.12. The van der Waals surface area contributed by atoms with E-state index < -0.39 is 5.67 Å². The summed E-state index contributed by atoms with van der Waals surface area (Å²) in [6.07, 6.45) is 1.11. The Morgan fingerprint density at radius 2 is 1.80 bits per heavy atom. The molecular weight excluding hydrogens is 189 g/mol. The van der Waals surface area contributed by atoms with Crippen molar-refractivity contribution in [3.05, 3.63) is 35.4 Å². The summed E-state index contributed by atoms with van der Waals surface area (Å²) in [5.41, 5.74) is 7.07. The Bertz CT molecular complexity index is 345. The quantitative estimate of drug-likeness (QED) is 0.792. The molecule has 0 atom stereocenters. The predicted octanol–water partition coefficient (Wildman–Crippen LogP) is 2.71. The monoisotopic (exact) mass is 207 g/mol. The van der Waals surface area contributed by atoms with E-state index in [0.717, 1.165) is 0 Å². The molecule has 2 N–H and O–H groups in total. The summed E-state index contributed by atoms with van der Waals surface area (Å²) in [5.74, 6) is 0. The molecule has 1 aliphatic rings. The molecule has 0 radical (unpaired) electrons. The zero-order valence-electron chi connectivity index (χ0n) is 9.39. The number of aryl methyl sites for hydroxylation is 1. The maximum absolute atomic E-state index is 13.6. The van der Waals surface area contributed by atoms with Crippen molar-refractivity contribution in [3.63, 3.8) is 0 Å². The zero-order valence-corrected chi connectivity index (χ0v) is 9.39. The first-order chi connectivity index (χ1) is 6.97. The van der Waals surface area contributed by atoms with Gasteiger partial charge in [0.2, 0.25) is 0 Å². The van der Waals surface area contributed by atoms with Crippen LogP contribution in [0.4, 0.5) is 4.39 Å². The number of hydrogen-bond acceptors (Lipinski definition) is 1. The molecule has 0 amide bonds. The van der Waals surface area contributed by atoms with E-state index in [2.05, 4.69) is 31.2 Å². The third-order valence-electron chi connectivity index (χ3n) is 3.47. The molecule has 1 nitrogen and oxygen atoms in total. The van der Waals surface area contributed by atoms with Crippen molar-refractivity contribution in [1.82, 2.24) is 0 Å². The number of rotatable bonds is 2. The van der Waals surface area contributed by atoms with Gasteiger partial charge in [0.15, 0.2) is 0 Å². The SMILES string of the molecule is Cc1ccc(C2(CN)CC(C)(F)C2)cc1. The minimum atomic E-state index is -1.02. The van der Waals surface area contributed by atoms with Gasteiger partial charge in [0, 0.05) is 12.0 Å². The van der Waals surface area contributed by atoms with E-state index in [1.54, 1.807) is 6.92 Å². The summed E-state index contributed by atoms with van der Waals surface area (Å²) in [4.78, 5) is 0. The lowest BCUT2D eigenvalue weighted by Gasteiger charge is -2.50. The largest absolute Gasteiger partial charge is 0.330 e. The molecule has 0 heterocycles. The number of halogens is 1. The Balaban J connectivity index is 2.25. The molecule has 82 valence electrons.